The molecule has 0 spiro atoms. The van der Waals surface area contributed by atoms with Gasteiger partial charge in [0, 0.05) is 4.47 Å². The molecule has 1 rings (SSSR count). The molecule has 0 aliphatic carbocycles. The molecule has 3 N–H and O–H groups in total. The van der Waals surface area contributed by atoms with Crippen LogP contribution in [-0.2, 0) is 4.79 Å². The van der Waals surface area contributed by atoms with Crippen molar-refractivity contribution in [3.8, 4) is 6.07 Å². The van der Waals surface area contributed by atoms with Crippen molar-refractivity contribution in [1.82, 2.24) is 0 Å². The Bertz CT molecular complexity index is 439. The number of halogens is 1. The molecule has 84 valence electrons. The second kappa shape index (κ2) is 5.64. The number of benzene rings is 1. The Balaban J connectivity index is 2.92. The molecule has 0 saturated carbocycles. The first-order chi connectivity index (χ1) is 7.58. The standard InChI is InChI=1S/C11H12BrN3O/c1-2-9(14)11(16)15-10-5-8(12)4-3-7(10)6-13/h3-5,9H,2,14H2,1H3,(H,15,16)/t9-/m0/s1. The number of nitriles is 1. The second-order valence-corrected chi connectivity index (χ2v) is 4.22. The van der Waals surface area contributed by atoms with Crippen LogP contribution in [-0.4, -0.2) is 11.9 Å². The SMILES string of the molecule is CC[C@H](N)C(=O)Nc1cc(Br)ccc1C#N. The van der Waals surface area contributed by atoms with Crippen LogP contribution in [0.3, 0.4) is 0 Å². The van der Waals surface area contributed by atoms with Gasteiger partial charge in [0.15, 0.2) is 0 Å². The van der Waals surface area contributed by atoms with Crippen LogP contribution in [0.2, 0.25) is 0 Å². The summed E-state index contributed by atoms with van der Waals surface area (Å²) in [5.74, 6) is -0.280. The molecule has 0 bridgehead atoms. The smallest absolute Gasteiger partial charge is 0.241 e. The number of carbonyl (C=O) groups excluding carboxylic acids is 1. The molecule has 1 amide bonds. The third-order valence-electron chi connectivity index (χ3n) is 2.14. The van der Waals surface area contributed by atoms with Gasteiger partial charge in [0.25, 0.3) is 0 Å². The number of anilines is 1. The van der Waals surface area contributed by atoms with E-state index in [1.54, 1.807) is 18.2 Å². The highest BCUT2D eigenvalue weighted by molar-refractivity contribution is 9.10. The molecule has 1 aromatic rings. The molecule has 16 heavy (non-hydrogen) atoms. The molecule has 0 aliphatic heterocycles. The lowest BCUT2D eigenvalue weighted by Crippen LogP contribution is -2.35. The molecule has 1 aromatic carbocycles. The predicted octanol–water partition coefficient (Wildman–Crippen LogP) is 2.00. The zero-order valence-electron chi connectivity index (χ0n) is 8.83. The Hall–Kier alpha value is -1.38. The lowest BCUT2D eigenvalue weighted by atomic mass is 10.1. The molecule has 0 radical (unpaired) electrons. The fraction of sp³-hybridized carbons (Fsp3) is 0.273. The van der Waals surface area contributed by atoms with Crippen molar-refractivity contribution in [1.29, 1.82) is 5.26 Å². The first-order valence-corrected chi connectivity index (χ1v) is 5.64. The summed E-state index contributed by atoms with van der Waals surface area (Å²) >= 11 is 3.28. The van der Waals surface area contributed by atoms with Crippen molar-refractivity contribution in [2.24, 2.45) is 5.73 Å². The maximum Gasteiger partial charge on any atom is 0.241 e. The Morgan fingerprint density at radius 2 is 2.38 bits per heavy atom. The van der Waals surface area contributed by atoms with Crippen LogP contribution < -0.4 is 11.1 Å². The predicted molar refractivity (Wildman–Crippen MR) is 65.8 cm³/mol. The van der Waals surface area contributed by atoms with E-state index in [4.69, 9.17) is 11.0 Å². The van der Waals surface area contributed by atoms with Crippen LogP contribution in [0, 0.1) is 11.3 Å². The molecule has 0 unspecified atom stereocenters. The third-order valence-corrected chi connectivity index (χ3v) is 2.63. The zero-order valence-corrected chi connectivity index (χ0v) is 10.4. The second-order valence-electron chi connectivity index (χ2n) is 3.31. The summed E-state index contributed by atoms with van der Waals surface area (Å²) in [4.78, 5) is 11.6. The van der Waals surface area contributed by atoms with Gasteiger partial charge in [-0.05, 0) is 24.6 Å². The lowest BCUT2D eigenvalue weighted by molar-refractivity contribution is -0.117. The van der Waals surface area contributed by atoms with E-state index in [9.17, 15) is 4.79 Å². The molecule has 0 saturated heterocycles. The van der Waals surface area contributed by atoms with Gasteiger partial charge in [0.1, 0.15) is 6.07 Å². The van der Waals surface area contributed by atoms with E-state index in [1.807, 2.05) is 13.0 Å². The van der Waals surface area contributed by atoms with Gasteiger partial charge in [0.05, 0.1) is 17.3 Å². The average molecular weight is 282 g/mol. The topological polar surface area (TPSA) is 78.9 Å². The maximum absolute atomic E-state index is 11.6. The van der Waals surface area contributed by atoms with Gasteiger partial charge in [-0.2, -0.15) is 5.26 Å². The molecule has 0 aromatic heterocycles. The Morgan fingerprint density at radius 1 is 1.69 bits per heavy atom. The number of carbonyl (C=O) groups is 1. The number of amides is 1. The van der Waals surface area contributed by atoms with Crippen LogP contribution in [0.4, 0.5) is 5.69 Å². The van der Waals surface area contributed by atoms with Crippen molar-refractivity contribution >= 4 is 27.5 Å². The van der Waals surface area contributed by atoms with Crippen molar-refractivity contribution in [3.05, 3.63) is 28.2 Å². The fourth-order valence-electron chi connectivity index (χ4n) is 1.13. The normalized spacial score (nSPS) is 11.6. The first-order valence-electron chi connectivity index (χ1n) is 4.84. The molecule has 0 heterocycles. The monoisotopic (exact) mass is 281 g/mol. The van der Waals surface area contributed by atoms with Gasteiger partial charge in [0.2, 0.25) is 5.91 Å². The third kappa shape index (κ3) is 3.05. The Kier molecular flexibility index (Phi) is 4.47. The number of rotatable bonds is 3. The Morgan fingerprint density at radius 3 is 2.94 bits per heavy atom. The van der Waals surface area contributed by atoms with E-state index in [0.29, 0.717) is 17.7 Å². The fourth-order valence-corrected chi connectivity index (χ4v) is 1.49. The van der Waals surface area contributed by atoms with E-state index in [-0.39, 0.29) is 5.91 Å². The van der Waals surface area contributed by atoms with Gasteiger partial charge >= 0.3 is 0 Å². The van der Waals surface area contributed by atoms with E-state index in [0.717, 1.165) is 4.47 Å². The lowest BCUT2D eigenvalue weighted by Gasteiger charge is -2.11. The summed E-state index contributed by atoms with van der Waals surface area (Å²) in [6, 6.07) is 6.52. The average Bonchev–Trinajstić information content (AvgIpc) is 2.28. The molecular weight excluding hydrogens is 270 g/mol. The maximum atomic E-state index is 11.6. The number of nitrogens with one attached hydrogen (secondary N) is 1. The number of nitrogens with zero attached hydrogens (tertiary/aromatic N) is 1. The van der Waals surface area contributed by atoms with E-state index >= 15 is 0 Å². The van der Waals surface area contributed by atoms with Gasteiger partial charge in [-0.25, -0.2) is 0 Å². The minimum Gasteiger partial charge on any atom is -0.324 e. The summed E-state index contributed by atoms with van der Waals surface area (Å²) in [6.45, 7) is 1.83. The van der Waals surface area contributed by atoms with Crippen molar-refractivity contribution in [2.45, 2.75) is 19.4 Å². The minimum atomic E-state index is -0.550. The number of hydrogen-bond acceptors (Lipinski definition) is 3. The van der Waals surface area contributed by atoms with Crippen LogP contribution in [0.1, 0.15) is 18.9 Å². The van der Waals surface area contributed by atoms with Gasteiger partial charge in [-0.3, -0.25) is 4.79 Å². The van der Waals surface area contributed by atoms with E-state index < -0.39 is 6.04 Å². The van der Waals surface area contributed by atoms with E-state index in [2.05, 4.69) is 21.2 Å². The highest BCUT2D eigenvalue weighted by Gasteiger charge is 2.13. The number of hydrogen-bond donors (Lipinski definition) is 2. The quantitative estimate of drug-likeness (QED) is 0.889. The highest BCUT2D eigenvalue weighted by Crippen LogP contribution is 2.20. The van der Waals surface area contributed by atoms with Crippen molar-refractivity contribution in [3.63, 3.8) is 0 Å². The summed E-state index contributed by atoms with van der Waals surface area (Å²) in [7, 11) is 0. The van der Waals surface area contributed by atoms with Crippen LogP contribution in [0.5, 0.6) is 0 Å². The van der Waals surface area contributed by atoms with Crippen molar-refractivity contribution < 1.29 is 4.79 Å². The molecular formula is C11H12BrN3O. The molecule has 0 fully saturated rings. The largest absolute Gasteiger partial charge is 0.324 e. The van der Waals surface area contributed by atoms with Gasteiger partial charge in [-0.1, -0.05) is 22.9 Å². The Labute approximate surface area is 103 Å². The van der Waals surface area contributed by atoms with Crippen molar-refractivity contribution in [2.75, 3.05) is 5.32 Å². The first kappa shape index (κ1) is 12.7. The molecule has 0 aliphatic rings. The molecule has 1 atom stereocenters. The van der Waals surface area contributed by atoms with Gasteiger partial charge < -0.3 is 11.1 Å². The van der Waals surface area contributed by atoms with E-state index in [1.165, 1.54) is 0 Å². The summed E-state index contributed by atoms with van der Waals surface area (Å²) in [5.41, 5.74) is 6.48. The minimum absolute atomic E-state index is 0.280. The van der Waals surface area contributed by atoms with Crippen LogP contribution in [0.25, 0.3) is 0 Å². The number of nitrogens with two attached hydrogens (primary N) is 1. The zero-order chi connectivity index (χ0) is 12.1. The van der Waals surface area contributed by atoms with Crippen LogP contribution >= 0.6 is 15.9 Å². The summed E-state index contributed by atoms with van der Waals surface area (Å²) in [5, 5.41) is 11.5. The molecule has 5 heteroatoms. The molecule has 4 nitrogen and oxygen atoms in total. The highest BCUT2D eigenvalue weighted by atomic mass is 79.9. The summed E-state index contributed by atoms with van der Waals surface area (Å²) < 4.78 is 0.798. The van der Waals surface area contributed by atoms with Crippen LogP contribution in [0.15, 0.2) is 22.7 Å². The van der Waals surface area contributed by atoms with Gasteiger partial charge in [-0.15, -0.1) is 0 Å². The summed E-state index contributed by atoms with van der Waals surface area (Å²) in [6.07, 6.45) is 0.557.